The van der Waals surface area contributed by atoms with Crippen LogP contribution in [0.5, 0.6) is 0 Å². The first kappa shape index (κ1) is 5.25. The van der Waals surface area contributed by atoms with Gasteiger partial charge in [0.25, 0.3) is 0 Å². The molecule has 4 atom stereocenters. The van der Waals surface area contributed by atoms with Crippen LogP contribution in [0.15, 0.2) is 0 Å². The minimum atomic E-state index is -0.452. The van der Waals surface area contributed by atoms with Crippen LogP contribution in [-0.4, -0.2) is 11.1 Å². The van der Waals surface area contributed by atoms with Gasteiger partial charge in [0.15, 0.2) is 0 Å². The molecule has 12 heavy (non-hydrogen) atoms. The Kier molecular flexibility index (Phi) is 0.443. The van der Waals surface area contributed by atoms with Gasteiger partial charge in [0.05, 0.1) is 5.41 Å². The van der Waals surface area contributed by atoms with Crippen LogP contribution in [0.2, 0.25) is 0 Å². The molecule has 2 bridgehead atoms. The summed E-state index contributed by atoms with van der Waals surface area (Å²) in [6, 6.07) is 0. The molecule has 0 aromatic carbocycles. The standard InChI is InChI=1S/C10H10O2/c11-9(12)10-6-3-1-2-4(6)8(10)5(2)7(3)10/h2-8H,1H2,(H,11,12)/t2?,3?,4-,5-,6+,7+,8?,10?/m0/s1. The molecular weight excluding hydrogens is 152 g/mol. The molecule has 0 aromatic rings. The Balaban J connectivity index is 1.78. The molecule has 0 unspecified atom stereocenters. The SMILES string of the molecule is O=C(O)C12C3[C@H]4C5CC([C@H]41)[C@@H]2[C@H]53. The molecule has 6 saturated carbocycles. The smallest absolute Gasteiger partial charge is 0.310 e. The summed E-state index contributed by atoms with van der Waals surface area (Å²) in [6.07, 6.45) is 1.40. The van der Waals surface area contributed by atoms with Crippen LogP contribution in [-0.2, 0) is 4.79 Å². The van der Waals surface area contributed by atoms with Crippen molar-refractivity contribution in [3.63, 3.8) is 0 Å². The maximum absolute atomic E-state index is 11.1. The number of rotatable bonds is 1. The Labute approximate surface area is 70.0 Å². The van der Waals surface area contributed by atoms with Crippen LogP contribution >= 0.6 is 0 Å². The third-order valence-corrected chi connectivity index (χ3v) is 6.14. The van der Waals surface area contributed by atoms with Crippen LogP contribution in [0.25, 0.3) is 0 Å². The average molecular weight is 162 g/mol. The van der Waals surface area contributed by atoms with E-state index >= 15 is 0 Å². The number of hydrogen-bond acceptors (Lipinski definition) is 1. The van der Waals surface area contributed by atoms with Gasteiger partial charge in [-0.05, 0) is 47.8 Å². The second kappa shape index (κ2) is 1.01. The van der Waals surface area contributed by atoms with Gasteiger partial charge in [-0.25, -0.2) is 0 Å². The first-order valence-corrected chi connectivity index (χ1v) is 5.03. The van der Waals surface area contributed by atoms with Gasteiger partial charge < -0.3 is 5.11 Å². The van der Waals surface area contributed by atoms with E-state index in [2.05, 4.69) is 0 Å². The predicted molar refractivity (Wildman–Crippen MR) is 39.1 cm³/mol. The molecule has 62 valence electrons. The van der Waals surface area contributed by atoms with Crippen molar-refractivity contribution in [2.75, 3.05) is 0 Å². The van der Waals surface area contributed by atoms with E-state index < -0.39 is 5.97 Å². The highest BCUT2D eigenvalue weighted by Gasteiger charge is 3.00. The van der Waals surface area contributed by atoms with Gasteiger partial charge in [0.2, 0.25) is 0 Å². The quantitative estimate of drug-likeness (QED) is 0.620. The lowest BCUT2D eigenvalue weighted by Gasteiger charge is -2.89. The molecule has 6 rings (SSSR count). The zero-order valence-electron chi connectivity index (χ0n) is 6.60. The normalized spacial score (nSPS) is 82.8. The summed E-state index contributed by atoms with van der Waals surface area (Å²) in [5.74, 6) is 5.16. The van der Waals surface area contributed by atoms with Gasteiger partial charge in [-0.1, -0.05) is 0 Å². The maximum atomic E-state index is 11.1. The van der Waals surface area contributed by atoms with E-state index in [-0.39, 0.29) is 5.41 Å². The van der Waals surface area contributed by atoms with Crippen LogP contribution in [0.4, 0.5) is 0 Å². The Morgan fingerprint density at radius 2 is 1.83 bits per heavy atom. The van der Waals surface area contributed by atoms with Gasteiger partial charge in [-0.2, -0.15) is 0 Å². The van der Waals surface area contributed by atoms with E-state index in [1.165, 1.54) is 6.42 Å². The van der Waals surface area contributed by atoms with Crippen molar-refractivity contribution in [3.05, 3.63) is 0 Å². The van der Waals surface area contributed by atoms with Crippen molar-refractivity contribution in [1.82, 2.24) is 0 Å². The Bertz CT molecular complexity index is 324. The molecule has 6 fully saturated rings. The van der Waals surface area contributed by atoms with Crippen molar-refractivity contribution in [3.8, 4) is 0 Å². The topological polar surface area (TPSA) is 37.3 Å². The monoisotopic (exact) mass is 162 g/mol. The highest BCUT2D eigenvalue weighted by atomic mass is 16.4. The second-order valence-corrected chi connectivity index (χ2v) is 5.53. The second-order valence-electron chi connectivity index (χ2n) is 5.53. The summed E-state index contributed by atoms with van der Waals surface area (Å²) in [4.78, 5) is 11.1. The van der Waals surface area contributed by atoms with Gasteiger partial charge in [-0.3, -0.25) is 4.79 Å². The molecule has 6 aliphatic carbocycles. The Morgan fingerprint density at radius 1 is 1.17 bits per heavy atom. The third-order valence-electron chi connectivity index (χ3n) is 6.14. The van der Waals surface area contributed by atoms with Crippen LogP contribution in [0.3, 0.4) is 0 Å². The minimum Gasteiger partial charge on any atom is -0.481 e. The third kappa shape index (κ3) is 0.192. The largest absolute Gasteiger partial charge is 0.481 e. The van der Waals surface area contributed by atoms with E-state index in [0.29, 0.717) is 17.8 Å². The summed E-state index contributed by atoms with van der Waals surface area (Å²) in [5, 5.41) is 9.19. The first-order valence-electron chi connectivity index (χ1n) is 5.03. The summed E-state index contributed by atoms with van der Waals surface area (Å²) in [7, 11) is 0. The molecular formula is C10H10O2. The summed E-state index contributed by atoms with van der Waals surface area (Å²) in [5.41, 5.74) is -0.132. The summed E-state index contributed by atoms with van der Waals surface area (Å²) >= 11 is 0. The molecule has 2 heteroatoms. The predicted octanol–water partition coefficient (Wildman–Crippen LogP) is 0.829. The van der Waals surface area contributed by atoms with Crippen LogP contribution in [0, 0.1) is 46.8 Å². The number of carboxylic acids is 1. The van der Waals surface area contributed by atoms with Crippen molar-refractivity contribution >= 4 is 5.97 Å². The van der Waals surface area contributed by atoms with Crippen molar-refractivity contribution < 1.29 is 9.90 Å². The number of carbonyl (C=O) groups is 1. The van der Waals surface area contributed by atoms with Gasteiger partial charge in [-0.15, -0.1) is 0 Å². The highest BCUT2D eigenvalue weighted by molar-refractivity contribution is 5.84. The molecule has 6 aliphatic rings. The van der Waals surface area contributed by atoms with E-state index in [4.69, 9.17) is 0 Å². The first-order chi connectivity index (χ1) is 5.79. The fourth-order valence-electron chi connectivity index (χ4n) is 6.32. The van der Waals surface area contributed by atoms with E-state index in [0.717, 1.165) is 23.7 Å². The van der Waals surface area contributed by atoms with Gasteiger partial charge >= 0.3 is 5.97 Å². The number of aliphatic carboxylic acids is 1. The summed E-state index contributed by atoms with van der Waals surface area (Å²) < 4.78 is 0. The zero-order chi connectivity index (χ0) is 7.83. The average Bonchev–Trinajstić information content (AvgIpc) is 2.27. The molecule has 2 nitrogen and oxygen atoms in total. The molecule has 0 saturated heterocycles. The fraction of sp³-hybridized carbons (Fsp3) is 0.900. The Hall–Kier alpha value is -0.530. The lowest BCUT2D eigenvalue weighted by Crippen LogP contribution is -2.90. The molecule has 0 heterocycles. The van der Waals surface area contributed by atoms with Gasteiger partial charge in [0, 0.05) is 0 Å². The maximum Gasteiger partial charge on any atom is 0.310 e. The van der Waals surface area contributed by atoms with Crippen molar-refractivity contribution in [2.45, 2.75) is 6.42 Å². The Morgan fingerprint density at radius 3 is 2.33 bits per heavy atom. The molecule has 0 spiro atoms. The van der Waals surface area contributed by atoms with Crippen molar-refractivity contribution in [1.29, 1.82) is 0 Å². The molecule has 1 N–H and O–H groups in total. The van der Waals surface area contributed by atoms with E-state index in [1.807, 2.05) is 0 Å². The number of hydrogen-bond donors (Lipinski definition) is 1. The number of carboxylic acid groups (broad SMARTS) is 1. The van der Waals surface area contributed by atoms with Gasteiger partial charge in [0.1, 0.15) is 0 Å². The van der Waals surface area contributed by atoms with E-state index in [1.54, 1.807) is 0 Å². The van der Waals surface area contributed by atoms with Crippen molar-refractivity contribution in [2.24, 2.45) is 46.8 Å². The van der Waals surface area contributed by atoms with E-state index in [9.17, 15) is 9.90 Å². The fourth-order valence-corrected chi connectivity index (χ4v) is 6.32. The summed E-state index contributed by atoms with van der Waals surface area (Å²) in [6.45, 7) is 0. The molecule has 0 radical (unpaired) electrons. The highest BCUT2D eigenvalue weighted by Crippen LogP contribution is 2.99. The van der Waals surface area contributed by atoms with Crippen LogP contribution < -0.4 is 0 Å². The molecule has 0 amide bonds. The molecule has 0 aliphatic heterocycles. The minimum absolute atomic E-state index is 0.132. The zero-order valence-corrected chi connectivity index (χ0v) is 6.60. The lowest BCUT2D eigenvalue weighted by atomic mass is 9.13. The lowest BCUT2D eigenvalue weighted by molar-refractivity contribution is -0.430. The molecule has 0 aromatic heterocycles. The van der Waals surface area contributed by atoms with Crippen LogP contribution in [0.1, 0.15) is 6.42 Å².